The van der Waals surface area contributed by atoms with Gasteiger partial charge >= 0.3 is 0 Å². The van der Waals surface area contributed by atoms with Gasteiger partial charge in [0.2, 0.25) is 11.8 Å². The Bertz CT molecular complexity index is 356. The standard InChI is InChI=1S/C12H23N5O/c1-4-6-14-10-9-11(16-12(13)15-10)18-8-5-7-17(2)3/h9H,4-8H2,1-3H3,(H3,13,14,15,16). The van der Waals surface area contributed by atoms with Crippen molar-refractivity contribution in [1.29, 1.82) is 0 Å². The van der Waals surface area contributed by atoms with Crippen molar-refractivity contribution < 1.29 is 4.74 Å². The van der Waals surface area contributed by atoms with E-state index in [4.69, 9.17) is 10.5 Å². The van der Waals surface area contributed by atoms with E-state index in [2.05, 4.69) is 27.1 Å². The number of nitrogens with zero attached hydrogens (tertiary/aromatic N) is 3. The summed E-state index contributed by atoms with van der Waals surface area (Å²) in [5.74, 6) is 1.48. The van der Waals surface area contributed by atoms with Crippen molar-refractivity contribution in [1.82, 2.24) is 14.9 Å². The first-order chi connectivity index (χ1) is 8.61. The van der Waals surface area contributed by atoms with Crippen LogP contribution in [0.15, 0.2) is 6.07 Å². The summed E-state index contributed by atoms with van der Waals surface area (Å²) in [5.41, 5.74) is 5.63. The lowest BCUT2D eigenvalue weighted by atomic mass is 10.4. The zero-order valence-corrected chi connectivity index (χ0v) is 11.4. The number of rotatable bonds is 8. The van der Waals surface area contributed by atoms with Crippen molar-refractivity contribution in [2.24, 2.45) is 0 Å². The summed E-state index contributed by atoms with van der Waals surface area (Å²) in [6.07, 6.45) is 1.98. The lowest BCUT2D eigenvalue weighted by Gasteiger charge is -2.11. The smallest absolute Gasteiger partial charge is 0.225 e. The van der Waals surface area contributed by atoms with E-state index in [1.165, 1.54) is 0 Å². The molecule has 0 bridgehead atoms. The minimum absolute atomic E-state index is 0.235. The van der Waals surface area contributed by atoms with E-state index in [-0.39, 0.29) is 5.95 Å². The number of nitrogen functional groups attached to an aromatic ring is 1. The van der Waals surface area contributed by atoms with Gasteiger partial charge in [-0.1, -0.05) is 6.92 Å². The number of nitrogens with one attached hydrogen (secondary N) is 1. The molecule has 0 saturated heterocycles. The molecule has 0 aromatic carbocycles. The highest BCUT2D eigenvalue weighted by atomic mass is 16.5. The molecule has 0 aliphatic rings. The first kappa shape index (κ1) is 14.5. The second kappa shape index (κ2) is 7.71. The Morgan fingerprint density at radius 3 is 2.83 bits per heavy atom. The predicted molar refractivity (Wildman–Crippen MR) is 73.9 cm³/mol. The van der Waals surface area contributed by atoms with Gasteiger partial charge in [-0.05, 0) is 26.9 Å². The number of ether oxygens (including phenoxy) is 1. The summed E-state index contributed by atoms with van der Waals surface area (Å²) in [5, 5.41) is 3.16. The zero-order valence-electron chi connectivity index (χ0n) is 11.4. The van der Waals surface area contributed by atoms with Gasteiger partial charge in [-0.3, -0.25) is 0 Å². The Kier molecular flexibility index (Phi) is 6.21. The molecular weight excluding hydrogens is 230 g/mol. The molecule has 0 aliphatic carbocycles. The molecular formula is C12H23N5O. The topological polar surface area (TPSA) is 76.3 Å². The fourth-order valence-corrected chi connectivity index (χ4v) is 1.42. The predicted octanol–water partition coefficient (Wildman–Crippen LogP) is 1.21. The molecule has 0 amide bonds. The van der Waals surface area contributed by atoms with Gasteiger partial charge in [0.25, 0.3) is 0 Å². The Balaban J connectivity index is 2.46. The minimum Gasteiger partial charge on any atom is -0.477 e. The third-order valence-corrected chi connectivity index (χ3v) is 2.28. The van der Waals surface area contributed by atoms with Crippen molar-refractivity contribution in [2.45, 2.75) is 19.8 Å². The summed E-state index contributed by atoms with van der Waals surface area (Å²) in [7, 11) is 4.07. The van der Waals surface area contributed by atoms with E-state index in [9.17, 15) is 0 Å². The highest BCUT2D eigenvalue weighted by molar-refractivity contribution is 5.42. The molecule has 1 heterocycles. The maximum atomic E-state index is 5.63. The normalized spacial score (nSPS) is 10.7. The Hall–Kier alpha value is -1.56. The Morgan fingerprint density at radius 1 is 1.39 bits per heavy atom. The molecule has 0 saturated carbocycles. The van der Waals surface area contributed by atoms with Gasteiger partial charge in [0.15, 0.2) is 0 Å². The summed E-state index contributed by atoms with van der Waals surface area (Å²) < 4.78 is 5.56. The van der Waals surface area contributed by atoms with Gasteiger partial charge in [0, 0.05) is 19.2 Å². The average molecular weight is 253 g/mol. The van der Waals surface area contributed by atoms with Crippen LogP contribution in [0.5, 0.6) is 5.88 Å². The second-order valence-electron chi connectivity index (χ2n) is 4.38. The lowest BCUT2D eigenvalue weighted by molar-refractivity contribution is 0.273. The molecule has 0 spiro atoms. The Morgan fingerprint density at radius 2 is 2.17 bits per heavy atom. The van der Waals surface area contributed by atoms with E-state index in [0.717, 1.165) is 25.9 Å². The van der Waals surface area contributed by atoms with Crippen LogP contribution in [0.25, 0.3) is 0 Å². The van der Waals surface area contributed by atoms with E-state index in [1.54, 1.807) is 6.07 Å². The molecule has 0 radical (unpaired) electrons. The summed E-state index contributed by atoms with van der Waals surface area (Å²) in [6.45, 7) is 4.57. The first-order valence-corrected chi connectivity index (χ1v) is 6.27. The van der Waals surface area contributed by atoms with E-state index < -0.39 is 0 Å². The van der Waals surface area contributed by atoms with Crippen molar-refractivity contribution in [3.63, 3.8) is 0 Å². The van der Waals surface area contributed by atoms with Crippen LogP contribution >= 0.6 is 0 Å². The number of hydrogen-bond acceptors (Lipinski definition) is 6. The van der Waals surface area contributed by atoms with Gasteiger partial charge in [0.05, 0.1) is 6.61 Å². The Labute approximate surface area is 109 Å². The van der Waals surface area contributed by atoms with Crippen LogP contribution in [0.3, 0.4) is 0 Å². The van der Waals surface area contributed by atoms with Crippen molar-refractivity contribution >= 4 is 11.8 Å². The van der Waals surface area contributed by atoms with Crippen LogP contribution in [0, 0.1) is 0 Å². The quantitative estimate of drug-likeness (QED) is 0.678. The van der Waals surface area contributed by atoms with E-state index in [0.29, 0.717) is 18.3 Å². The SMILES string of the molecule is CCCNc1cc(OCCCN(C)C)nc(N)n1. The van der Waals surface area contributed by atoms with Crippen molar-refractivity contribution in [2.75, 3.05) is 44.8 Å². The average Bonchev–Trinajstić information content (AvgIpc) is 2.31. The van der Waals surface area contributed by atoms with E-state index >= 15 is 0 Å². The van der Waals surface area contributed by atoms with Gasteiger partial charge in [0.1, 0.15) is 5.82 Å². The second-order valence-corrected chi connectivity index (χ2v) is 4.38. The molecule has 6 heteroatoms. The molecule has 0 atom stereocenters. The van der Waals surface area contributed by atoms with Crippen LogP contribution < -0.4 is 15.8 Å². The first-order valence-electron chi connectivity index (χ1n) is 6.27. The largest absolute Gasteiger partial charge is 0.477 e. The molecule has 1 aromatic rings. The van der Waals surface area contributed by atoms with E-state index in [1.807, 2.05) is 14.1 Å². The molecule has 102 valence electrons. The molecule has 6 nitrogen and oxygen atoms in total. The third kappa shape index (κ3) is 5.67. The number of nitrogens with two attached hydrogens (primary N) is 1. The highest BCUT2D eigenvalue weighted by Gasteiger charge is 2.03. The van der Waals surface area contributed by atoms with Crippen LogP contribution in [0.4, 0.5) is 11.8 Å². The molecule has 1 rings (SSSR count). The van der Waals surface area contributed by atoms with Crippen molar-refractivity contribution in [3.05, 3.63) is 6.07 Å². The fourth-order valence-electron chi connectivity index (χ4n) is 1.42. The maximum Gasteiger partial charge on any atom is 0.225 e. The number of anilines is 2. The maximum absolute atomic E-state index is 5.63. The number of aromatic nitrogens is 2. The fraction of sp³-hybridized carbons (Fsp3) is 0.667. The van der Waals surface area contributed by atoms with Gasteiger partial charge in [-0.25, -0.2) is 0 Å². The molecule has 3 N–H and O–H groups in total. The molecule has 0 fully saturated rings. The van der Waals surface area contributed by atoms with Crippen LogP contribution in [-0.2, 0) is 0 Å². The third-order valence-electron chi connectivity index (χ3n) is 2.28. The van der Waals surface area contributed by atoms with Crippen molar-refractivity contribution in [3.8, 4) is 5.88 Å². The monoisotopic (exact) mass is 253 g/mol. The van der Waals surface area contributed by atoms with Gasteiger partial charge in [-0.2, -0.15) is 9.97 Å². The van der Waals surface area contributed by atoms with Crippen LogP contribution in [-0.4, -0.2) is 48.7 Å². The molecule has 0 unspecified atom stereocenters. The highest BCUT2D eigenvalue weighted by Crippen LogP contribution is 2.14. The lowest BCUT2D eigenvalue weighted by Crippen LogP contribution is -2.16. The minimum atomic E-state index is 0.235. The van der Waals surface area contributed by atoms with Gasteiger partial charge < -0.3 is 20.7 Å². The molecule has 1 aromatic heterocycles. The zero-order chi connectivity index (χ0) is 13.4. The van der Waals surface area contributed by atoms with Crippen LogP contribution in [0.2, 0.25) is 0 Å². The molecule has 18 heavy (non-hydrogen) atoms. The summed E-state index contributed by atoms with van der Waals surface area (Å²) in [4.78, 5) is 10.3. The number of hydrogen-bond donors (Lipinski definition) is 2. The van der Waals surface area contributed by atoms with Crippen LogP contribution in [0.1, 0.15) is 19.8 Å². The summed E-state index contributed by atoms with van der Waals surface area (Å²) in [6, 6.07) is 1.78. The summed E-state index contributed by atoms with van der Waals surface area (Å²) >= 11 is 0. The van der Waals surface area contributed by atoms with Gasteiger partial charge in [-0.15, -0.1) is 0 Å². The molecule has 0 aliphatic heterocycles.